The van der Waals surface area contributed by atoms with E-state index in [1.54, 1.807) is 0 Å². The summed E-state index contributed by atoms with van der Waals surface area (Å²) in [6, 6.07) is 0. The highest BCUT2D eigenvalue weighted by Gasteiger charge is 2.65. The third-order valence-electron chi connectivity index (χ3n) is 3.79. The van der Waals surface area contributed by atoms with E-state index < -0.39 is 61.1 Å². The summed E-state index contributed by atoms with van der Waals surface area (Å²) >= 11 is 0. The van der Waals surface area contributed by atoms with Crippen molar-refractivity contribution in [2.75, 3.05) is 20.8 Å². The number of aliphatic hydroxyl groups excluding tert-OH is 2. The number of carbonyl (C=O) groups is 2. The van der Waals surface area contributed by atoms with Crippen molar-refractivity contribution in [3.05, 3.63) is 0 Å². The molecule has 2 heterocycles. The molecule has 9 nitrogen and oxygen atoms in total. The highest BCUT2D eigenvalue weighted by molar-refractivity contribution is 5.77. The van der Waals surface area contributed by atoms with Crippen LogP contribution in [0.15, 0.2) is 0 Å². The van der Waals surface area contributed by atoms with Crippen molar-refractivity contribution >= 4 is 11.9 Å². The van der Waals surface area contributed by atoms with E-state index >= 15 is 0 Å². The van der Waals surface area contributed by atoms with Crippen molar-refractivity contribution in [3.8, 4) is 0 Å². The van der Waals surface area contributed by atoms with Crippen LogP contribution in [0.25, 0.3) is 0 Å². The van der Waals surface area contributed by atoms with Gasteiger partial charge in [0.1, 0.15) is 36.8 Å². The number of hydrogen-bond acceptors (Lipinski definition) is 9. The Hall–Kier alpha value is -1.26. The maximum Gasteiger partial charge on any atom is 0.316 e. The topological polar surface area (TPSA) is 132 Å². The van der Waals surface area contributed by atoms with Crippen molar-refractivity contribution in [3.63, 3.8) is 0 Å². The van der Waals surface area contributed by atoms with Crippen molar-refractivity contribution in [2.24, 2.45) is 5.92 Å². The molecule has 0 aliphatic carbocycles. The summed E-state index contributed by atoms with van der Waals surface area (Å²) in [6.45, 7) is -0.471. The molecule has 2 saturated heterocycles. The van der Waals surface area contributed by atoms with Crippen molar-refractivity contribution < 1.29 is 43.9 Å². The van der Waals surface area contributed by atoms with Crippen LogP contribution in [0.5, 0.6) is 0 Å². The predicted octanol–water partition coefficient (Wildman–Crippen LogP) is -2.45. The van der Waals surface area contributed by atoms with E-state index in [0.29, 0.717) is 0 Å². The summed E-state index contributed by atoms with van der Waals surface area (Å²) in [5.74, 6) is -5.17. The average molecular weight is 306 g/mol. The SMILES string of the molecule is COC(=O)C[C@@]1(O)O[C@H]2[C@H](O)[C@@H](CO)O[C@H]2[C@@H]1C(=O)OC. The summed E-state index contributed by atoms with van der Waals surface area (Å²) in [7, 11) is 2.24. The highest BCUT2D eigenvalue weighted by Crippen LogP contribution is 2.45. The Bertz CT molecular complexity index is 425. The van der Waals surface area contributed by atoms with Crippen LogP contribution < -0.4 is 0 Å². The second-order valence-corrected chi connectivity index (χ2v) is 4.99. The van der Waals surface area contributed by atoms with Gasteiger partial charge in [0.15, 0.2) is 5.79 Å². The van der Waals surface area contributed by atoms with E-state index in [9.17, 15) is 19.8 Å². The minimum atomic E-state index is -2.20. The number of hydrogen-bond donors (Lipinski definition) is 3. The number of esters is 2. The van der Waals surface area contributed by atoms with E-state index in [0.717, 1.165) is 14.2 Å². The van der Waals surface area contributed by atoms with E-state index in [2.05, 4.69) is 9.47 Å². The van der Waals surface area contributed by atoms with E-state index in [1.165, 1.54) is 0 Å². The number of ether oxygens (including phenoxy) is 4. The van der Waals surface area contributed by atoms with Crippen LogP contribution in [0.2, 0.25) is 0 Å². The maximum atomic E-state index is 11.9. The molecule has 21 heavy (non-hydrogen) atoms. The molecule has 0 saturated carbocycles. The largest absolute Gasteiger partial charge is 0.469 e. The highest BCUT2D eigenvalue weighted by atomic mass is 16.7. The van der Waals surface area contributed by atoms with Gasteiger partial charge in [-0.1, -0.05) is 0 Å². The Kier molecular flexibility index (Phi) is 4.49. The lowest BCUT2D eigenvalue weighted by Gasteiger charge is -2.29. The monoisotopic (exact) mass is 306 g/mol. The molecule has 0 unspecified atom stereocenters. The van der Waals surface area contributed by atoms with Crippen molar-refractivity contribution in [2.45, 2.75) is 36.6 Å². The minimum absolute atomic E-state index is 0.471. The molecule has 0 aromatic rings. The van der Waals surface area contributed by atoms with Gasteiger partial charge in [0.25, 0.3) is 0 Å². The predicted molar refractivity (Wildman–Crippen MR) is 63.7 cm³/mol. The van der Waals surface area contributed by atoms with Gasteiger partial charge in [-0.15, -0.1) is 0 Å². The minimum Gasteiger partial charge on any atom is -0.469 e. The third kappa shape index (κ3) is 2.62. The molecule has 0 aromatic heterocycles. The third-order valence-corrected chi connectivity index (χ3v) is 3.79. The van der Waals surface area contributed by atoms with Gasteiger partial charge >= 0.3 is 11.9 Å². The van der Waals surface area contributed by atoms with Crippen molar-refractivity contribution in [1.29, 1.82) is 0 Å². The first-order chi connectivity index (χ1) is 9.87. The van der Waals surface area contributed by atoms with Gasteiger partial charge < -0.3 is 34.3 Å². The molecule has 2 aliphatic heterocycles. The van der Waals surface area contributed by atoms with Crippen LogP contribution in [-0.2, 0) is 28.5 Å². The molecular weight excluding hydrogens is 288 g/mol. The molecule has 2 fully saturated rings. The number of methoxy groups -OCH3 is 2. The molecule has 6 atom stereocenters. The van der Waals surface area contributed by atoms with Crippen LogP contribution in [0.1, 0.15) is 6.42 Å². The molecule has 0 spiro atoms. The summed E-state index contributed by atoms with van der Waals surface area (Å²) in [5, 5.41) is 29.5. The Morgan fingerprint density at radius 2 is 1.90 bits per heavy atom. The van der Waals surface area contributed by atoms with Crippen LogP contribution >= 0.6 is 0 Å². The zero-order valence-electron chi connectivity index (χ0n) is 11.6. The summed E-state index contributed by atoms with van der Waals surface area (Å²) in [6.07, 6.45) is -4.87. The van der Waals surface area contributed by atoms with Gasteiger partial charge in [-0.2, -0.15) is 0 Å². The number of fused-ring (bicyclic) bond motifs is 1. The van der Waals surface area contributed by atoms with E-state index in [4.69, 9.17) is 14.6 Å². The lowest BCUT2D eigenvalue weighted by molar-refractivity contribution is -0.238. The summed E-state index contributed by atoms with van der Waals surface area (Å²) < 4.78 is 19.7. The second-order valence-electron chi connectivity index (χ2n) is 4.99. The number of carbonyl (C=O) groups excluding carboxylic acids is 2. The fraction of sp³-hybridized carbons (Fsp3) is 0.833. The van der Waals surface area contributed by atoms with E-state index in [-0.39, 0.29) is 0 Å². The van der Waals surface area contributed by atoms with Gasteiger partial charge in [-0.05, 0) is 0 Å². The molecule has 3 N–H and O–H groups in total. The van der Waals surface area contributed by atoms with Crippen LogP contribution in [0.4, 0.5) is 0 Å². The fourth-order valence-electron chi connectivity index (χ4n) is 2.76. The fourth-order valence-corrected chi connectivity index (χ4v) is 2.76. The van der Waals surface area contributed by atoms with Gasteiger partial charge in [-0.25, -0.2) is 0 Å². The standard InChI is InChI=1S/C12H18O9/c1-18-6(14)3-12(17)7(11(16)19-2)9-10(21-12)8(15)5(4-13)20-9/h5,7-10,13,15,17H,3-4H2,1-2H3/t5-,7-,8-,9+,10+,12-/m1/s1. The molecule has 2 rings (SSSR count). The molecule has 9 heteroatoms. The molecule has 0 aromatic carbocycles. The molecule has 0 amide bonds. The summed E-state index contributed by atoms with van der Waals surface area (Å²) in [4.78, 5) is 23.3. The van der Waals surface area contributed by atoms with E-state index in [1.807, 2.05) is 0 Å². The molecule has 0 radical (unpaired) electrons. The Morgan fingerprint density at radius 1 is 1.24 bits per heavy atom. The normalized spacial score (nSPS) is 41.7. The van der Waals surface area contributed by atoms with Gasteiger partial charge in [-0.3, -0.25) is 9.59 Å². The Labute approximate surface area is 120 Å². The van der Waals surface area contributed by atoms with Gasteiger partial charge in [0.05, 0.1) is 20.8 Å². The quantitative estimate of drug-likeness (QED) is 0.484. The summed E-state index contributed by atoms with van der Waals surface area (Å²) in [5.41, 5.74) is 0. The van der Waals surface area contributed by atoms with Crippen molar-refractivity contribution in [1.82, 2.24) is 0 Å². The Balaban J connectivity index is 2.28. The lowest BCUT2D eigenvalue weighted by Crippen LogP contribution is -2.47. The maximum absolute atomic E-state index is 11.9. The zero-order valence-corrected chi connectivity index (χ0v) is 11.6. The first kappa shape index (κ1) is 16.1. The molecule has 0 bridgehead atoms. The number of rotatable bonds is 4. The van der Waals surface area contributed by atoms with Gasteiger partial charge in [0.2, 0.25) is 0 Å². The molecule has 2 aliphatic rings. The van der Waals surface area contributed by atoms with Crippen LogP contribution in [0.3, 0.4) is 0 Å². The average Bonchev–Trinajstić information content (AvgIpc) is 2.90. The lowest BCUT2D eigenvalue weighted by atomic mass is 9.91. The Morgan fingerprint density at radius 3 is 2.43 bits per heavy atom. The zero-order chi connectivity index (χ0) is 15.8. The second kappa shape index (κ2) is 5.85. The molecular formula is C12H18O9. The van der Waals surface area contributed by atoms with Crippen LogP contribution in [0, 0.1) is 5.92 Å². The smallest absolute Gasteiger partial charge is 0.316 e. The molecule has 120 valence electrons. The van der Waals surface area contributed by atoms with Crippen LogP contribution in [-0.4, -0.2) is 78.3 Å². The first-order valence-corrected chi connectivity index (χ1v) is 6.37. The first-order valence-electron chi connectivity index (χ1n) is 6.37. The number of aliphatic hydroxyl groups is 3. The van der Waals surface area contributed by atoms with Gasteiger partial charge in [0, 0.05) is 0 Å².